The van der Waals surface area contributed by atoms with Gasteiger partial charge in [-0.05, 0) is 30.5 Å². The van der Waals surface area contributed by atoms with E-state index >= 15 is 0 Å². The number of rotatable bonds is 4. The predicted octanol–water partition coefficient (Wildman–Crippen LogP) is 2.97. The normalized spacial score (nSPS) is 22.7. The second kappa shape index (κ2) is 7.85. The first kappa shape index (κ1) is 18.7. The Hall–Kier alpha value is -2.29. The smallest absolute Gasteiger partial charge is 0.289 e. The molecular weight excluding hydrogens is 390 g/mol. The molecule has 2 fully saturated rings. The third-order valence-electron chi connectivity index (χ3n) is 5.54. The van der Waals surface area contributed by atoms with Gasteiger partial charge in [-0.25, -0.2) is 4.98 Å². The molecule has 0 spiro atoms. The minimum atomic E-state index is -0.126. The highest BCUT2D eigenvalue weighted by atomic mass is 32.2. The van der Waals surface area contributed by atoms with Gasteiger partial charge >= 0.3 is 0 Å². The number of nitrogens with zero attached hydrogens (tertiary/aromatic N) is 3. The van der Waals surface area contributed by atoms with Crippen LogP contribution in [0.3, 0.4) is 0 Å². The van der Waals surface area contributed by atoms with Crippen molar-refractivity contribution in [2.45, 2.75) is 24.0 Å². The number of imidazole rings is 1. The van der Waals surface area contributed by atoms with E-state index in [0.29, 0.717) is 32.1 Å². The monoisotopic (exact) mass is 413 g/mol. The van der Waals surface area contributed by atoms with Crippen molar-refractivity contribution in [3.05, 3.63) is 54.2 Å². The lowest BCUT2D eigenvalue weighted by Crippen LogP contribution is -2.31. The summed E-state index contributed by atoms with van der Waals surface area (Å²) in [4.78, 5) is 19.0. The molecule has 1 aromatic carbocycles. The van der Waals surface area contributed by atoms with E-state index in [1.165, 1.54) is 0 Å². The highest BCUT2D eigenvalue weighted by Crippen LogP contribution is 2.27. The Morgan fingerprint density at radius 3 is 2.66 bits per heavy atom. The zero-order chi connectivity index (χ0) is 19.8. The molecule has 2 aliphatic rings. The fraction of sp³-hybridized carbons (Fsp3) is 0.429. The van der Waals surface area contributed by atoms with Crippen LogP contribution in [0, 0.1) is 0 Å². The molecule has 2 aliphatic heterocycles. The molecule has 8 heteroatoms. The van der Waals surface area contributed by atoms with Gasteiger partial charge in [0, 0.05) is 0 Å². The van der Waals surface area contributed by atoms with Gasteiger partial charge in [0.25, 0.3) is 5.91 Å². The molecule has 0 N–H and O–H groups in total. The fourth-order valence-electron chi connectivity index (χ4n) is 4.05. The SMILES string of the molecule is CSCc1ccc(C(=O)N2C[C@@H]3OCC(n4cnc5ccccc54)CO[C@H]3C2)o1. The number of fused-ring (bicyclic) bond motifs is 2. The Bertz CT molecular complexity index is 1000. The van der Waals surface area contributed by atoms with E-state index in [2.05, 4.69) is 15.6 Å². The van der Waals surface area contributed by atoms with E-state index in [1.807, 2.05) is 36.8 Å². The molecule has 0 aliphatic carbocycles. The number of para-hydroxylation sites is 2. The first-order chi connectivity index (χ1) is 14.2. The maximum atomic E-state index is 12.8. The summed E-state index contributed by atoms with van der Waals surface area (Å²) in [5, 5.41) is 0. The van der Waals surface area contributed by atoms with E-state index in [9.17, 15) is 4.79 Å². The molecule has 0 radical (unpaired) electrons. The summed E-state index contributed by atoms with van der Waals surface area (Å²) >= 11 is 1.67. The minimum absolute atomic E-state index is 0.0660. The molecule has 0 unspecified atom stereocenters. The Balaban J connectivity index is 1.25. The van der Waals surface area contributed by atoms with Crippen LogP contribution in [-0.4, -0.2) is 65.1 Å². The van der Waals surface area contributed by atoms with Crippen LogP contribution in [0.5, 0.6) is 0 Å². The van der Waals surface area contributed by atoms with Crippen molar-refractivity contribution >= 4 is 28.7 Å². The van der Waals surface area contributed by atoms with Gasteiger partial charge in [0.15, 0.2) is 5.76 Å². The van der Waals surface area contributed by atoms with Gasteiger partial charge in [-0.15, -0.1) is 0 Å². The molecule has 2 atom stereocenters. The molecule has 3 aromatic rings. The number of carbonyl (C=O) groups is 1. The summed E-state index contributed by atoms with van der Waals surface area (Å²) in [5.41, 5.74) is 2.04. The van der Waals surface area contributed by atoms with Crippen molar-refractivity contribution in [2.24, 2.45) is 0 Å². The average Bonchev–Trinajstić information content (AvgIpc) is 3.45. The molecule has 29 heavy (non-hydrogen) atoms. The van der Waals surface area contributed by atoms with Crippen LogP contribution in [0.2, 0.25) is 0 Å². The summed E-state index contributed by atoms with van der Waals surface area (Å²) in [6.45, 7) is 2.09. The maximum Gasteiger partial charge on any atom is 0.289 e. The summed E-state index contributed by atoms with van der Waals surface area (Å²) < 4.78 is 20.1. The average molecular weight is 413 g/mol. The van der Waals surface area contributed by atoms with Gasteiger partial charge in [0.2, 0.25) is 0 Å². The topological polar surface area (TPSA) is 69.7 Å². The fourth-order valence-corrected chi connectivity index (χ4v) is 4.49. The van der Waals surface area contributed by atoms with E-state index < -0.39 is 0 Å². The second-order valence-corrected chi connectivity index (χ2v) is 8.31. The van der Waals surface area contributed by atoms with E-state index in [1.54, 1.807) is 22.7 Å². The summed E-state index contributed by atoms with van der Waals surface area (Å²) in [6, 6.07) is 11.7. The third-order valence-corrected chi connectivity index (χ3v) is 6.11. The first-order valence-corrected chi connectivity index (χ1v) is 11.1. The maximum absolute atomic E-state index is 12.8. The molecule has 7 nitrogen and oxygen atoms in total. The number of hydrogen-bond acceptors (Lipinski definition) is 6. The second-order valence-electron chi connectivity index (χ2n) is 7.45. The number of ether oxygens (including phenoxy) is 2. The number of hydrogen-bond donors (Lipinski definition) is 0. The quantitative estimate of drug-likeness (QED) is 0.655. The Labute approximate surface area is 173 Å². The summed E-state index contributed by atoms with van der Waals surface area (Å²) in [7, 11) is 0. The van der Waals surface area contributed by atoms with Crippen LogP contribution in [-0.2, 0) is 15.2 Å². The van der Waals surface area contributed by atoms with Gasteiger partial charge in [-0.3, -0.25) is 4.79 Å². The number of aromatic nitrogens is 2. The summed E-state index contributed by atoms with van der Waals surface area (Å²) in [6.07, 6.45) is 3.60. The van der Waals surface area contributed by atoms with Gasteiger partial charge in [0.05, 0.1) is 55.5 Å². The molecule has 2 saturated heterocycles. The molecule has 5 rings (SSSR count). The lowest BCUT2D eigenvalue weighted by molar-refractivity contribution is -0.00461. The van der Waals surface area contributed by atoms with Crippen molar-refractivity contribution in [3.63, 3.8) is 0 Å². The molecular formula is C21H23N3O4S. The molecule has 152 valence electrons. The zero-order valence-corrected chi connectivity index (χ0v) is 17.0. The van der Waals surface area contributed by atoms with E-state index in [4.69, 9.17) is 13.9 Å². The van der Waals surface area contributed by atoms with Crippen molar-refractivity contribution in [2.75, 3.05) is 32.6 Å². The van der Waals surface area contributed by atoms with E-state index in [-0.39, 0.29) is 24.2 Å². The van der Waals surface area contributed by atoms with Crippen LogP contribution >= 0.6 is 11.8 Å². The number of carbonyl (C=O) groups excluding carboxylic acids is 1. The number of benzene rings is 1. The first-order valence-electron chi connectivity index (χ1n) is 9.74. The van der Waals surface area contributed by atoms with Crippen LogP contribution in [0.15, 0.2) is 47.1 Å². The predicted molar refractivity (Wildman–Crippen MR) is 110 cm³/mol. The largest absolute Gasteiger partial charge is 0.455 e. The number of likely N-dealkylation sites (tertiary alicyclic amines) is 1. The molecule has 0 saturated carbocycles. The Morgan fingerprint density at radius 2 is 1.90 bits per heavy atom. The Kier molecular flexibility index (Phi) is 5.07. The van der Waals surface area contributed by atoms with Gasteiger partial charge in [0.1, 0.15) is 18.0 Å². The van der Waals surface area contributed by atoms with Crippen LogP contribution in [0.25, 0.3) is 11.0 Å². The third kappa shape index (κ3) is 3.56. The molecule has 0 bridgehead atoms. The van der Waals surface area contributed by atoms with Crippen molar-refractivity contribution in [3.8, 4) is 0 Å². The van der Waals surface area contributed by atoms with Crippen LogP contribution < -0.4 is 0 Å². The van der Waals surface area contributed by atoms with Crippen LogP contribution in [0.1, 0.15) is 22.4 Å². The molecule has 4 heterocycles. The number of furan rings is 1. The number of amides is 1. The van der Waals surface area contributed by atoms with Gasteiger partial charge in [-0.1, -0.05) is 12.1 Å². The lowest BCUT2D eigenvalue weighted by atomic mass is 10.2. The van der Waals surface area contributed by atoms with Gasteiger partial charge < -0.3 is 23.4 Å². The Morgan fingerprint density at radius 1 is 1.14 bits per heavy atom. The van der Waals surface area contributed by atoms with Gasteiger partial charge in [-0.2, -0.15) is 11.8 Å². The standard InChI is InChI=1S/C21H23N3O4S/c1-29-12-15-6-7-18(28-15)21(25)23-8-19-20(9-23)27-11-14(10-26-19)24-13-22-16-4-2-3-5-17(16)24/h2-7,13-14,19-20H,8-12H2,1H3/t19-,20-/m0/s1. The number of thioether (sulfide) groups is 1. The van der Waals surface area contributed by atoms with Crippen molar-refractivity contribution in [1.82, 2.24) is 14.5 Å². The lowest BCUT2D eigenvalue weighted by Gasteiger charge is -2.19. The summed E-state index contributed by atoms with van der Waals surface area (Å²) in [5.74, 6) is 1.86. The van der Waals surface area contributed by atoms with E-state index in [0.717, 1.165) is 22.5 Å². The minimum Gasteiger partial charge on any atom is -0.455 e. The molecule has 1 amide bonds. The zero-order valence-electron chi connectivity index (χ0n) is 16.2. The van der Waals surface area contributed by atoms with Crippen LogP contribution in [0.4, 0.5) is 0 Å². The van der Waals surface area contributed by atoms with Crippen molar-refractivity contribution < 1.29 is 18.7 Å². The highest BCUT2D eigenvalue weighted by Gasteiger charge is 2.40. The highest BCUT2D eigenvalue weighted by molar-refractivity contribution is 7.97. The molecule has 2 aromatic heterocycles. The van der Waals surface area contributed by atoms with Crippen molar-refractivity contribution in [1.29, 1.82) is 0 Å².